The molecule has 1 aromatic carbocycles. The fourth-order valence-corrected chi connectivity index (χ4v) is 4.19. The summed E-state index contributed by atoms with van der Waals surface area (Å²) in [7, 11) is 0. The number of benzene rings is 1. The monoisotopic (exact) mass is 401 g/mol. The summed E-state index contributed by atoms with van der Waals surface area (Å²) in [5.74, 6) is 0.504. The topological polar surface area (TPSA) is 80.3 Å². The number of alkyl carbamates (subject to hydrolysis) is 1. The second-order valence-electron chi connectivity index (χ2n) is 8.24. The van der Waals surface area contributed by atoms with Crippen molar-refractivity contribution in [1.29, 1.82) is 0 Å². The van der Waals surface area contributed by atoms with Gasteiger partial charge in [-0.25, -0.2) is 9.78 Å². The standard InChI is InChI=1S/C21H27N3O3S/c1-13-5-10-16-17(11-13)28-19(23-16)24-18(25)15-8-6-14(7-9-15)12-22-20(26)27-21(2,3)4/h6-9,13H,5,10-12H2,1-4H3,(H,22,26)(H,23,24,25). The molecule has 2 N–H and O–H groups in total. The van der Waals surface area contributed by atoms with Crippen LogP contribution in [0.4, 0.5) is 9.93 Å². The maximum atomic E-state index is 12.5. The second-order valence-corrected chi connectivity index (χ2v) is 9.33. The Balaban J connectivity index is 1.55. The van der Waals surface area contributed by atoms with Gasteiger partial charge in [-0.3, -0.25) is 10.1 Å². The first-order valence-electron chi connectivity index (χ1n) is 9.55. The predicted molar refractivity (Wildman–Crippen MR) is 111 cm³/mol. The lowest BCUT2D eigenvalue weighted by molar-refractivity contribution is 0.0523. The molecule has 0 bridgehead atoms. The van der Waals surface area contributed by atoms with Crippen molar-refractivity contribution >= 4 is 28.5 Å². The zero-order valence-corrected chi connectivity index (χ0v) is 17.6. The quantitative estimate of drug-likeness (QED) is 0.788. The summed E-state index contributed by atoms with van der Waals surface area (Å²) in [5.41, 5.74) is 2.05. The van der Waals surface area contributed by atoms with E-state index in [1.165, 1.54) is 4.88 Å². The molecule has 1 atom stereocenters. The number of amides is 2. The van der Waals surface area contributed by atoms with Crippen LogP contribution in [0.2, 0.25) is 0 Å². The predicted octanol–water partition coefficient (Wildman–Crippen LogP) is 4.54. The zero-order chi connectivity index (χ0) is 20.3. The number of nitrogens with zero attached hydrogens (tertiary/aromatic N) is 1. The number of anilines is 1. The highest BCUT2D eigenvalue weighted by molar-refractivity contribution is 7.15. The SMILES string of the molecule is CC1CCc2nc(NC(=O)c3ccc(CNC(=O)OC(C)(C)C)cc3)sc2C1. The van der Waals surface area contributed by atoms with Gasteiger partial charge in [0.05, 0.1) is 5.69 Å². The van der Waals surface area contributed by atoms with Gasteiger partial charge in [0.25, 0.3) is 5.91 Å². The van der Waals surface area contributed by atoms with Gasteiger partial charge in [-0.1, -0.05) is 19.1 Å². The molecule has 0 aliphatic heterocycles. The lowest BCUT2D eigenvalue weighted by Gasteiger charge is -2.19. The van der Waals surface area contributed by atoms with Crippen molar-refractivity contribution in [3.05, 3.63) is 46.0 Å². The number of carbonyl (C=O) groups is 2. The lowest BCUT2D eigenvalue weighted by Crippen LogP contribution is -2.32. The Morgan fingerprint density at radius 3 is 2.64 bits per heavy atom. The Kier molecular flexibility index (Phi) is 6.03. The van der Waals surface area contributed by atoms with Crippen LogP contribution in [-0.2, 0) is 24.1 Å². The molecule has 1 aliphatic carbocycles. The molecule has 0 saturated carbocycles. The van der Waals surface area contributed by atoms with Crippen molar-refractivity contribution in [2.45, 2.75) is 59.1 Å². The number of hydrogen-bond acceptors (Lipinski definition) is 5. The van der Waals surface area contributed by atoms with Gasteiger partial charge in [-0.15, -0.1) is 11.3 Å². The Morgan fingerprint density at radius 2 is 1.96 bits per heavy atom. The average molecular weight is 402 g/mol. The highest BCUT2D eigenvalue weighted by Crippen LogP contribution is 2.32. The summed E-state index contributed by atoms with van der Waals surface area (Å²) in [6.07, 6.45) is 2.73. The number of aryl methyl sites for hydroxylation is 1. The molecule has 3 rings (SSSR count). The third-order valence-corrected chi connectivity index (χ3v) is 5.49. The van der Waals surface area contributed by atoms with Crippen LogP contribution < -0.4 is 10.6 Å². The van der Waals surface area contributed by atoms with Crippen molar-refractivity contribution in [2.24, 2.45) is 5.92 Å². The van der Waals surface area contributed by atoms with Crippen molar-refractivity contribution in [3.63, 3.8) is 0 Å². The van der Waals surface area contributed by atoms with E-state index in [0.29, 0.717) is 23.2 Å². The molecule has 2 aromatic rings. The van der Waals surface area contributed by atoms with Gasteiger partial charge in [0.1, 0.15) is 5.60 Å². The number of thiazole rings is 1. The molecule has 0 radical (unpaired) electrons. The zero-order valence-electron chi connectivity index (χ0n) is 16.8. The van der Waals surface area contributed by atoms with Gasteiger partial charge >= 0.3 is 6.09 Å². The van der Waals surface area contributed by atoms with Gasteiger partial charge in [-0.2, -0.15) is 0 Å². The number of carbonyl (C=O) groups excluding carboxylic acids is 2. The number of hydrogen-bond donors (Lipinski definition) is 2. The largest absolute Gasteiger partial charge is 0.444 e. The van der Waals surface area contributed by atoms with Gasteiger partial charge in [-0.05, 0) is 63.6 Å². The molecular formula is C21H27N3O3S. The third kappa shape index (κ3) is 5.55. The Labute approximate surface area is 169 Å². The summed E-state index contributed by atoms with van der Waals surface area (Å²) in [6, 6.07) is 7.13. The van der Waals surface area contributed by atoms with E-state index in [9.17, 15) is 9.59 Å². The van der Waals surface area contributed by atoms with Crippen LogP contribution in [-0.4, -0.2) is 22.6 Å². The molecule has 0 saturated heterocycles. The molecule has 1 unspecified atom stereocenters. The number of nitrogens with one attached hydrogen (secondary N) is 2. The fraction of sp³-hybridized carbons (Fsp3) is 0.476. The number of ether oxygens (including phenoxy) is 1. The molecular weight excluding hydrogens is 374 g/mol. The minimum absolute atomic E-state index is 0.175. The number of rotatable bonds is 4. The van der Waals surface area contributed by atoms with E-state index in [1.807, 2.05) is 32.9 Å². The minimum atomic E-state index is -0.529. The van der Waals surface area contributed by atoms with Crippen LogP contribution in [0.3, 0.4) is 0 Å². The molecule has 2 amide bonds. The van der Waals surface area contributed by atoms with Crippen LogP contribution in [0, 0.1) is 5.92 Å². The van der Waals surface area contributed by atoms with Crippen LogP contribution in [0.25, 0.3) is 0 Å². The Hall–Kier alpha value is -2.41. The summed E-state index contributed by atoms with van der Waals surface area (Å²) < 4.78 is 5.21. The van der Waals surface area contributed by atoms with Gasteiger partial charge < -0.3 is 10.1 Å². The molecule has 1 aromatic heterocycles. The molecule has 150 valence electrons. The molecule has 6 nitrogen and oxygen atoms in total. The first-order chi connectivity index (χ1) is 13.2. The van der Waals surface area contributed by atoms with Gasteiger partial charge in [0.15, 0.2) is 5.13 Å². The first kappa shape index (κ1) is 20.3. The van der Waals surface area contributed by atoms with Crippen molar-refractivity contribution in [3.8, 4) is 0 Å². The maximum Gasteiger partial charge on any atom is 0.407 e. The molecule has 7 heteroatoms. The van der Waals surface area contributed by atoms with E-state index in [-0.39, 0.29) is 5.91 Å². The van der Waals surface area contributed by atoms with Gasteiger partial charge in [0, 0.05) is 17.0 Å². The smallest absolute Gasteiger partial charge is 0.407 e. The summed E-state index contributed by atoms with van der Waals surface area (Å²) >= 11 is 1.58. The first-order valence-corrected chi connectivity index (χ1v) is 10.4. The summed E-state index contributed by atoms with van der Waals surface area (Å²) in [4.78, 5) is 30.1. The molecule has 1 heterocycles. The van der Waals surface area contributed by atoms with E-state index >= 15 is 0 Å². The van der Waals surface area contributed by atoms with Crippen molar-refractivity contribution in [1.82, 2.24) is 10.3 Å². The van der Waals surface area contributed by atoms with E-state index < -0.39 is 11.7 Å². The van der Waals surface area contributed by atoms with Crippen LogP contribution in [0.15, 0.2) is 24.3 Å². The second kappa shape index (κ2) is 8.31. The summed E-state index contributed by atoms with van der Waals surface area (Å²) in [6.45, 7) is 8.05. The fourth-order valence-electron chi connectivity index (χ4n) is 3.02. The Morgan fingerprint density at radius 1 is 1.25 bits per heavy atom. The lowest BCUT2D eigenvalue weighted by atomic mass is 9.93. The van der Waals surface area contributed by atoms with E-state index in [0.717, 1.165) is 30.5 Å². The van der Waals surface area contributed by atoms with E-state index in [2.05, 4.69) is 22.5 Å². The molecule has 0 spiro atoms. The minimum Gasteiger partial charge on any atom is -0.444 e. The number of fused-ring (bicyclic) bond motifs is 1. The van der Waals surface area contributed by atoms with Crippen molar-refractivity contribution in [2.75, 3.05) is 5.32 Å². The highest BCUT2D eigenvalue weighted by Gasteiger charge is 2.21. The summed E-state index contributed by atoms with van der Waals surface area (Å²) in [5, 5.41) is 6.28. The maximum absolute atomic E-state index is 12.5. The van der Waals surface area contributed by atoms with Gasteiger partial charge in [0.2, 0.25) is 0 Å². The van der Waals surface area contributed by atoms with Crippen molar-refractivity contribution < 1.29 is 14.3 Å². The van der Waals surface area contributed by atoms with Crippen LogP contribution in [0.1, 0.15) is 60.6 Å². The third-order valence-electron chi connectivity index (χ3n) is 4.46. The molecule has 0 fully saturated rings. The Bertz CT molecular complexity index is 853. The van der Waals surface area contributed by atoms with Crippen LogP contribution in [0.5, 0.6) is 0 Å². The molecule has 28 heavy (non-hydrogen) atoms. The van der Waals surface area contributed by atoms with Crippen LogP contribution >= 0.6 is 11.3 Å². The average Bonchev–Trinajstić information content (AvgIpc) is 3.00. The van der Waals surface area contributed by atoms with E-state index in [4.69, 9.17) is 4.74 Å². The number of aromatic nitrogens is 1. The normalized spacial score (nSPS) is 16.2. The molecule has 1 aliphatic rings. The van der Waals surface area contributed by atoms with E-state index in [1.54, 1.807) is 23.5 Å². The highest BCUT2D eigenvalue weighted by atomic mass is 32.1.